The highest BCUT2D eigenvalue weighted by atomic mass is 32.1. The van der Waals surface area contributed by atoms with E-state index in [1.165, 1.54) is 18.9 Å². The van der Waals surface area contributed by atoms with Crippen LogP contribution in [-0.2, 0) is 6.54 Å². The topological polar surface area (TPSA) is 19.4 Å². The number of fused-ring (bicyclic) bond motifs is 2. The molecule has 6 heteroatoms. The van der Waals surface area contributed by atoms with Crippen molar-refractivity contribution in [2.75, 3.05) is 19.6 Å². The Morgan fingerprint density at radius 1 is 1.16 bits per heavy atom. The van der Waals surface area contributed by atoms with Crippen LogP contribution in [0.2, 0.25) is 0 Å². The first kappa shape index (κ1) is 15.9. The molecule has 0 spiro atoms. The molecule has 1 aromatic carbocycles. The van der Waals surface area contributed by atoms with Crippen LogP contribution in [0.1, 0.15) is 30.0 Å². The first-order chi connectivity index (χ1) is 12.2. The molecule has 0 saturated carbocycles. The number of likely N-dealkylation sites (tertiary alicyclic amines) is 1. The number of hydrogen-bond donors (Lipinski definition) is 0. The molecule has 4 aliphatic rings. The number of piperidine rings is 3. The molecule has 0 aliphatic carbocycles. The predicted octanol–water partition coefficient (Wildman–Crippen LogP) is 3.48. The Morgan fingerprint density at radius 3 is 2.76 bits per heavy atom. The van der Waals surface area contributed by atoms with Gasteiger partial charge in [-0.2, -0.15) is 0 Å². The molecule has 2 bridgehead atoms. The monoisotopic (exact) mass is 361 g/mol. The van der Waals surface area contributed by atoms with E-state index in [9.17, 15) is 8.78 Å². The Morgan fingerprint density at radius 2 is 2.00 bits per heavy atom. The molecule has 0 amide bonds. The lowest BCUT2D eigenvalue weighted by molar-refractivity contribution is -0.00912. The minimum absolute atomic E-state index is 0.0300. The number of nitrogens with zero attached hydrogens (tertiary/aromatic N) is 3. The van der Waals surface area contributed by atoms with Crippen LogP contribution in [0.4, 0.5) is 8.78 Å². The number of aromatic nitrogens is 1. The second kappa shape index (κ2) is 6.11. The fourth-order valence-electron chi connectivity index (χ4n) is 5.33. The molecule has 25 heavy (non-hydrogen) atoms. The van der Waals surface area contributed by atoms with Crippen LogP contribution >= 0.6 is 11.3 Å². The summed E-state index contributed by atoms with van der Waals surface area (Å²) in [7, 11) is 0. The molecule has 4 aliphatic heterocycles. The van der Waals surface area contributed by atoms with Gasteiger partial charge >= 0.3 is 0 Å². The van der Waals surface area contributed by atoms with E-state index >= 15 is 0 Å². The molecule has 5 heterocycles. The molecule has 6 rings (SSSR count). The van der Waals surface area contributed by atoms with Crippen molar-refractivity contribution in [1.29, 1.82) is 0 Å². The van der Waals surface area contributed by atoms with Gasteiger partial charge in [0.15, 0.2) is 11.6 Å². The zero-order chi connectivity index (χ0) is 17.0. The minimum Gasteiger partial charge on any atom is -0.298 e. The summed E-state index contributed by atoms with van der Waals surface area (Å²) < 4.78 is 28.4. The van der Waals surface area contributed by atoms with Crippen LogP contribution in [-0.4, -0.2) is 46.5 Å². The van der Waals surface area contributed by atoms with Crippen molar-refractivity contribution >= 4 is 11.3 Å². The van der Waals surface area contributed by atoms with Crippen molar-refractivity contribution in [3.8, 4) is 0 Å². The second-order valence-electron chi connectivity index (χ2n) is 7.51. The van der Waals surface area contributed by atoms with E-state index in [-0.39, 0.29) is 5.92 Å². The predicted molar refractivity (Wildman–Crippen MR) is 93.5 cm³/mol. The lowest BCUT2D eigenvalue weighted by Crippen LogP contribution is -2.60. The Balaban J connectivity index is 1.52. The summed E-state index contributed by atoms with van der Waals surface area (Å²) in [5, 5.41) is 2.09. The normalized spacial score (nSPS) is 34.4. The highest BCUT2D eigenvalue weighted by Gasteiger charge is 2.53. The lowest BCUT2D eigenvalue weighted by Gasteiger charge is -2.51. The third-order valence-corrected chi connectivity index (χ3v) is 6.96. The quantitative estimate of drug-likeness (QED) is 0.834. The first-order valence-corrected chi connectivity index (χ1v) is 9.95. The largest absolute Gasteiger partial charge is 0.298 e. The molecule has 0 N–H and O–H groups in total. The van der Waals surface area contributed by atoms with Gasteiger partial charge < -0.3 is 0 Å². The van der Waals surface area contributed by atoms with Crippen LogP contribution < -0.4 is 0 Å². The van der Waals surface area contributed by atoms with Gasteiger partial charge in [0.1, 0.15) is 0 Å². The zero-order valence-electron chi connectivity index (χ0n) is 13.9. The van der Waals surface area contributed by atoms with Crippen molar-refractivity contribution in [3.63, 3.8) is 0 Å². The Kier molecular flexibility index (Phi) is 3.87. The molecule has 132 valence electrons. The third kappa shape index (κ3) is 2.54. The van der Waals surface area contributed by atoms with Gasteiger partial charge in [-0.3, -0.25) is 9.80 Å². The van der Waals surface area contributed by atoms with Gasteiger partial charge in [-0.05, 0) is 43.5 Å². The fraction of sp³-hybridized carbons (Fsp3) is 0.526. The third-order valence-electron chi connectivity index (χ3n) is 6.32. The summed E-state index contributed by atoms with van der Waals surface area (Å²) in [6, 6.07) is 5.35. The average Bonchev–Trinajstić information content (AvgIpc) is 3.28. The summed E-state index contributed by atoms with van der Waals surface area (Å²) in [5.41, 5.74) is 3.49. The Bertz CT molecular complexity index is 758. The van der Waals surface area contributed by atoms with Crippen LogP contribution in [0.5, 0.6) is 0 Å². The van der Waals surface area contributed by atoms with Gasteiger partial charge in [0.2, 0.25) is 0 Å². The van der Waals surface area contributed by atoms with Gasteiger partial charge in [0.05, 0.1) is 11.2 Å². The van der Waals surface area contributed by atoms with E-state index in [0.717, 1.165) is 31.9 Å². The molecule has 0 radical (unpaired) electrons. The maximum atomic E-state index is 14.5. The minimum atomic E-state index is -0.733. The molecule has 4 saturated heterocycles. The zero-order valence-corrected chi connectivity index (χ0v) is 14.8. The van der Waals surface area contributed by atoms with Crippen molar-refractivity contribution in [2.45, 2.75) is 37.4 Å². The Hall–Kier alpha value is -1.37. The fourth-order valence-corrected chi connectivity index (χ4v) is 5.88. The molecular weight excluding hydrogens is 340 g/mol. The van der Waals surface area contributed by atoms with Crippen LogP contribution in [0, 0.1) is 17.6 Å². The van der Waals surface area contributed by atoms with Crippen LogP contribution in [0.25, 0.3) is 0 Å². The van der Waals surface area contributed by atoms with Crippen LogP contribution in [0.3, 0.4) is 0 Å². The molecule has 2 aromatic rings. The van der Waals surface area contributed by atoms with Gasteiger partial charge in [0.25, 0.3) is 0 Å². The van der Waals surface area contributed by atoms with E-state index in [0.29, 0.717) is 23.6 Å². The lowest BCUT2D eigenvalue weighted by atomic mass is 9.75. The summed E-state index contributed by atoms with van der Waals surface area (Å²) in [4.78, 5) is 9.43. The number of rotatable bonds is 3. The molecule has 3 nitrogen and oxygen atoms in total. The molecule has 4 fully saturated rings. The SMILES string of the molecule is Fc1cccc([C@@H]2CN(Cc3cscn3)[C@@H]3C4CCN(CC4)[C@@H]32)c1F. The first-order valence-electron chi connectivity index (χ1n) is 9.01. The van der Waals surface area contributed by atoms with E-state index in [1.54, 1.807) is 23.5 Å². The standard InChI is InChI=1S/C19H21F2N3S/c20-16-3-1-2-14(17(16)21)15-9-24(8-13-10-25-11-22-13)18-12-4-6-23(7-5-12)19(15)18/h1-3,10-12,15,18-19H,4-9H2/t15-,18+,19+/m0/s1. The van der Waals surface area contributed by atoms with E-state index < -0.39 is 11.6 Å². The van der Waals surface area contributed by atoms with Crippen molar-refractivity contribution in [1.82, 2.24) is 14.8 Å². The van der Waals surface area contributed by atoms with Gasteiger partial charge in [-0.1, -0.05) is 12.1 Å². The average molecular weight is 361 g/mol. The number of thiazole rings is 1. The summed E-state index contributed by atoms with van der Waals surface area (Å²) in [5.74, 6) is -0.704. The molecule has 1 aromatic heterocycles. The van der Waals surface area contributed by atoms with Gasteiger partial charge in [-0.15, -0.1) is 11.3 Å². The molecule has 0 unspecified atom stereocenters. The van der Waals surface area contributed by atoms with Crippen molar-refractivity contribution in [2.24, 2.45) is 5.92 Å². The van der Waals surface area contributed by atoms with Crippen molar-refractivity contribution < 1.29 is 8.78 Å². The maximum absolute atomic E-state index is 14.5. The van der Waals surface area contributed by atoms with Crippen LogP contribution in [0.15, 0.2) is 29.1 Å². The number of halogens is 2. The summed E-state index contributed by atoms with van der Waals surface area (Å²) >= 11 is 1.61. The maximum Gasteiger partial charge on any atom is 0.162 e. The highest BCUT2D eigenvalue weighted by molar-refractivity contribution is 7.07. The summed E-state index contributed by atoms with van der Waals surface area (Å²) in [6.45, 7) is 3.76. The van der Waals surface area contributed by atoms with Crippen molar-refractivity contribution in [3.05, 3.63) is 52.0 Å². The highest BCUT2D eigenvalue weighted by Crippen LogP contribution is 2.47. The summed E-state index contributed by atoms with van der Waals surface area (Å²) in [6.07, 6.45) is 2.43. The number of benzene rings is 1. The van der Waals surface area contributed by atoms with Gasteiger partial charge in [0, 0.05) is 36.5 Å². The molecule has 3 atom stereocenters. The van der Waals surface area contributed by atoms with Gasteiger partial charge in [-0.25, -0.2) is 13.8 Å². The Labute approximate surface area is 150 Å². The molecular formula is C19H21F2N3S. The smallest absolute Gasteiger partial charge is 0.162 e. The van der Waals surface area contributed by atoms with E-state index in [4.69, 9.17) is 0 Å². The van der Waals surface area contributed by atoms with E-state index in [2.05, 4.69) is 20.2 Å². The number of hydrogen-bond acceptors (Lipinski definition) is 4. The van der Waals surface area contributed by atoms with E-state index in [1.807, 2.05) is 5.51 Å². The second-order valence-corrected chi connectivity index (χ2v) is 8.23.